The van der Waals surface area contributed by atoms with Crippen molar-refractivity contribution >= 4 is 22.7 Å². The lowest BCUT2D eigenvalue weighted by molar-refractivity contribution is -0.124. The number of carbonyl (C=O) groups excluding carboxylic acids is 1. The number of benzene rings is 1. The molecular formula is C25H33N5O4. The third-order valence-electron chi connectivity index (χ3n) is 7.18. The number of rotatable bonds is 7. The first-order valence-corrected chi connectivity index (χ1v) is 12.1. The van der Waals surface area contributed by atoms with Gasteiger partial charge in [0.25, 0.3) is 0 Å². The molecule has 1 aromatic carbocycles. The largest absolute Gasteiger partial charge is 0.497 e. The highest BCUT2D eigenvalue weighted by Crippen LogP contribution is 2.30. The van der Waals surface area contributed by atoms with Crippen molar-refractivity contribution in [2.24, 2.45) is 5.92 Å². The zero-order chi connectivity index (χ0) is 24.1. The van der Waals surface area contributed by atoms with Crippen LogP contribution < -0.4 is 21.1 Å². The summed E-state index contributed by atoms with van der Waals surface area (Å²) in [6.45, 7) is 1.50. The predicted octanol–water partition coefficient (Wildman–Crippen LogP) is 3.05. The van der Waals surface area contributed by atoms with Crippen molar-refractivity contribution in [2.75, 3.05) is 32.6 Å². The molecule has 0 spiro atoms. The van der Waals surface area contributed by atoms with Crippen molar-refractivity contribution in [2.45, 2.75) is 62.9 Å². The SMILES string of the molecule is COc1ccc2c(NC(CC3CCCCC3)C(=O)NC3(C#N)CCN(C)CC3)nc(=O)oc2c1. The van der Waals surface area contributed by atoms with Gasteiger partial charge in [-0.2, -0.15) is 10.2 Å². The number of amides is 1. The number of anilines is 1. The predicted molar refractivity (Wildman–Crippen MR) is 129 cm³/mol. The summed E-state index contributed by atoms with van der Waals surface area (Å²) < 4.78 is 10.5. The van der Waals surface area contributed by atoms with Gasteiger partial charge in [0.05, 0.1) is 18.6 Å². The van der Waals surface area contributed by atoms with Crippen LogP contribution in [0.1, 0.15) is 51.4 Å². The van der Waals surface area contributed by atoms with Gasteiger partial charge in [-0.05, 0) is 44.4 Å². The Balaban J connectivity index is 1.62. The molecule has 1 unspecified atom stereocenters. The summed E-state index contributed by atoms with van der Waals surface area (Å²) in [6, 6.07) is 6.89. The summed E-state index contributed by atoms with van der Waals surface area (Å²) in [5.41, 5.74) is -0.545. The Labute approximate surface area is 199 Å². The molecule has 1 aliphatic carbocycles. The second-order valence-electron chi connectivity index (χ2n) is 9.61. The van der Waals surface area contributed by atoms with Gasteiger partial charge in [0.15, 0.2) is 0 Å². The van der Waals surface area contributed by atoms with Crippen LogP contribution in [-0.2, 0) is 4.79 Å². The fourth-order valence-electron chi connectivity index (χ4n) is 5.03. The van der Waals surface area contributed by atoms with Gasteiger partial charge in [0.1, 0.15) is 28.7 Å². The maximum Gasteiger partial charge on any atom is 0.441 e. The third kappa shape index (κ3) is 5.50. The molecule has 9 heteroatoms. The first kappa shape index (κ1) is 24.0. The van der Waals surface area contributed by atoms with E-state index < -0.39 is 17.3 Å². The number of fused-ring (bicyclic) bond motifs is 1. The van der Waals surface area contributed by atoms with E-state index in [0.717, 1.165) is 38.8 Å². The summed E-state index contributed by atoms with van der Waals surface area (Å²) in [7, 11) is 3.56. The van der Waals surface area contributed by atoms with Crippen molar-refractivity contribution in [3.05, 3.63) is 28.7 Å². The summed E-state index contributed by atoms with van der Waals surface area (Å²) >= 11 is 0. The van der Waals surface area contributed by atoms with Gasteiger partial charge in [-0.1, -0.05) is 32.1 Å². The second kappa shape index (κ2) is 10.4. The number of hydrogen-bond donors (Lipinski definition) is 2. The van der Waals surface area contributed by atoms with Crippen LogP contribution in [0.2, 0.25) is 0 Å². The molecule has 0 bridgehead atoms. The molecule has 0 radical (unpaired) electrons. The first-order chi connectivity index (χ1) is 16.4. The topological polar surface area (TPSA) is 120 Å². The fraction of sp³-hybridized carbons (Fsp3) is 0.600. The minimum absolute atomic E-state index is 0.228. The van der Waals surface area contributed by atoms with Crippen molar-refractivity contribution in [1.82, 2.24) is 15.2 Å². The standard InChI is InChI=1S/C25H33N5O4/c1-30-12-10-25(16-26,11-13-30)29-23(31)20(14-17-6-4-3-5-7-17)27-22-19-9-8-18(33-2)15-21(19)34-24(32)28-22/h8-9,15,17,20H,3-7,10-14H2,1-2H3,(H,29,31)(H,27,28,32). The van der Waals surface area contributed by atoms with Crippen LogP contribution in [0, 0.1) is 17.2 Å². The van der Waals surface area contributed by atoms with Gasteiger partial charge in [-0.25, -0.2) is 4.79 Å². The Kier molecular flexibility index (Phi) is 7.37. The highest BCUT2D eigenvalue weighted by molar-refractivity contribution is 5.92. The monoisotopic (exact) mass is 467 g/mol. The molecule has 1 saturated heterocycles. The zero-order valence-electron chi connectivity index (χ0n) is 19.9. The van der Waals surface area contributed by atoms with E-state index in [4.69, 9.17) is 9.15 Å². The van der Waals surface area contributed by atoms with E-state index in [1.165, 1.54) is 13.5 Å². The molecule has 2 fully saturated rings. The Hall–Kier alpha value is -3.12. The average molecular weight is 468 g/mol. The molecule has 2 aromatic rings. The van der Waals surface area contributed by atoms with E-state index in [9.17, 15) is 14.9 Å². The highest BCUT2D eigenvalue weighted by atomic mass is 16.5. The lowest BCUT2D eigenvalue weighted by atomic mass is 9.84. The quantitative estimate of drug-likeness (QED) is 0.637. The number of nitrogens with one attached hydrogen (secondary N) is 2. The van der Waals surface area contributed by atoms with Crippen molar-refractivity contribution in [1.29, 1.82) is 5.26 Å². The number of hydrogen-bond acceptors (Lipinski definition) is 8. The van der Waals surface area contributed by atoms with Crippen molar-refractivity contribution in [3.63, 3.8) is 0 Å². The Morgan fingerprint density at radius 1 is 1.32 bits per heavy atom. The Morgan fingerprint density at radius 2 is 2.06 bits per heavy atom. The van der Waals surface area contributed by atoms with Crippen LogP contribution in [0.15, 0.2) is 27.4 Å². The number of methoxy groups -OCH3 is 1. The molecule has 182 valence electrons. The molecule has 1 aromatic heterocycles. The highest BCUT2D eigenvalue weighted by Gasteiger charge is 2.37. The van der Waals surface area contributed by atoms with Gasteiger partial charge in [-0.3, -0.25) is 4.79 Å². The number of nitriles is 1. The molecule has 2 heterocycles. The summed E-state index contributed by atoms with van der Waals surface area (Å²) in [5.74, 6) is 0.290. The van der Waals surface area contributed by atoms with Crippen LogP contribution in [0.25, 0.3) is 11.0 Å². The minimum Gasteiger partial charge on any atom is -0.497 e. The number of carbonyl (C=O) groups is 1. The van der Waals surface area contributed by atoms with E-state index in [-0.39, 0.29) is 5.91 Å². The number of piperidine rings is 1. The van der Waals surface area contributed by atoms with Gasteiger partial charge in [-0.15, -0.1) is 0 Å². The number of ether oxygens (including phenoxy) is 1. The van der Waals surface area contributed by atoms with Crippen LogP contribution in [0.3, 0.4) is 0 Å². The number of aromatic nitrogens is 1. The van der Waals surface area contributed by atoms with Gasteiger partial charge in [0, 0.05) is 19.2 Å². The summed E-state index contributed by atoms with van der Waals surface area (Å²) in [6.07, 6.45) is 7.46. The molecule has 1 atom stereocenters. The van der Waals surface area contributed by atoms with Crippen molar-refractivity contribution in [3.8, 4) is 11.8 Å². The van der Waals surface area contributed by atoms with E-state index in [0.29, 0.717) is 47.7 Å². The summed E-state index contributed by atoms with van der Waals surface area (Å²) in [5, 5.41) is 16.8. The van der Waals surface area contributed by atoms with E-state index in [2.05, 4.69) is 26.6 Å². The molecule has 9 nitrogen and oxygen atoms in total. The van der Waals surface area contributed by atoms with Gasteiger partial charge < -0.3 is 24.7 Å². The van der Waals surface area contributed by atoms with Crippen molar-refractivity contribution < 1.29 is 13.9 Å². The molecule has 1 saturated carbocycles. The number of nitrogens with zero attached hydrogens (tertiary/aromatic N) is 3. The molecule has 4 rings (SSSR count). The molecular weight excluding hydrogens is 434 g/mol. The van der Waals surface area contributed by atoms with Gasteiger partial charge in [0.2, 0.25) is 5.91 Å². The van der Waals surface area contributed by atoms with Gasteiger partial charge >= 0.3 is 5.76 Å². The minimum atomic E-state index is -0.880. The Morgan fingerprint density at radius 3 is 2.74 bits per heavy atom. The van der Waals surface area contributed by atoms with E-state index in [1.54, 1.807) is 18.2 Å². The lowest BCUT2D eigenvalue weighted by Crippen LogP contribution is -2.57. The van der Waals surface area contributed by atoms with E-state index in [1.807, 2.05) is 7.05 Å². The normalized spacial score (nSPS) is 19.8. The fourth-order valence-corrected chi connectivity index (χ4v) is 5.03. The van der Waals surface area contributed by atoms with Crippen LogP contribution in [0.4, 0.5) is 5.82 Å². The lowest BCUT2D eigenvalue weighted by Gasteiger charge is -2.37. The molecule has 1 aliphatic heterocycles. The second-order valence-corrected chi connectivity index (χ2v) is 9.61. The molecule has 2 N–H and O–H groups in total. The summed E-state index contributed by atoms with van der Waals surface area (Å²) in [4.78, 5) is 32.0. The smallest absolute Gasteiger partial charge is 0.441 e. The first-order valence-electron chi connectivity index (χ1n) is 12.1. The maximum atomic E-state index is 13.6. The average Bonchev–Trinajstić information content (AvgIpc) is 2.85. The van der Waals surface area contributed by atoms with Crippen LogP contribution >= 0.6 is 0 Å². The number of likely N-dealkylation sites (tertiary alicyclic amines) is 1. The zero-order valence-corrected chi connectivity index (χ0v) is 19.9. The van der Waals surface area contributed by atoms with Crippen LogP contribution in [-0.4, -0.2) is 54.6 Å². The molecule has 2 aliphatic rings. The van der Waals surface area contributed by atoms with Crippen LogP contribution in [0.5, 0.6) is 5.75 Å². The molecule has 34 heavy (non-hydrogen) atoms. The third-order valence-corrected chi connectivity index (χ3v) is 7.18. The molecule has 1 amide bonds. The maximum absolute atomic E-state index is 13.6. The Bertz CT molecular complexity index is 1110. The van der Waals surface area contributed by atoms with E-state index >= 15 is 0 Å².